The molecule has 0 saturated heterocycles. The molecule has 4 aromatic rings. The van der Waals surface area contributed by atoms with Gasteiger partial charge in [0.25, 0.3) is 5.91 Å². The molecule has 1 amide bonds. The highest BCUT2D eigenvalue weighted by atomic mass is 16.1. The summed E-state index contributed by atoms with van der Waals surface area (Å²) in [6.45, 7) is 4.87. The van der Waals surface area contributed by atoms with Crippen LogP contribution in [0.2, 0.25) is 0 Å². The number of anilines is 2. The predicted molar refractivity (Wildman–Crippen MR) is 120 cm³/mol. The fourth-order valence-electron chi connectivity index (χ4n) is 3.34. The Bertz CT molecular complexity index is 1130. The van der Waals surface area contributed by atoms with Gasteiger partial charge >= 0.3 is 0 Å². The van der Waals surface area contributed by atoms with Crippen molar-refractivity contribution in [2.24, 2.45) is 0 Å². The van der Waals surface area contributed by atoms with Crippen molar-refractivity contribution in [3.05, 3.63) is 83.8 Å². The number of aromatic amines is 1. The van der Waals surface area contributed by atoms with Gasteiger partial charge in [-0.25, -0.2) is 9.97 Å². The molecule has 0 aliphatic rings. The zero-order chi connectivity index (χ0) is 20.9. The van der Waals surface area contributed by atoms with Crippen LogP contribution in [0.25, 0.3) is 10.9 Å². The average Bonchev–Trinajstić information content (AvgIpc) is 3.18. The van der Waals surface area contributed by atoms with Crippen molar-refractivity contribution < 1.29 is 4.79 Å². The Morgan fingerprint density at radius 2 is 1.77 bits per heavy atom. The molecule has 30 heavy (non-hydrogen) atoms. The third-order valence-electron chi connectivity index (χ3n) is 5.10. The maximum absolute atomic E-state index is 12.4. The monoisotopic (exact) mass is 399 g/mol. The lowest BCUT2D eigenvalue weighted by Gasteiger charge is -2.09. The number of carbonyl (C=O) groups excluding carboxylic acids is 1. The van der Waals surface area contributed by atoms with Gasteiger partial charge in [-0.15, -0.1) is 0 Å². The van der Waals surface area contributed by atoms with Crippen molar-refractivity contribution in [3.63, 3.8) is 0 Å². The van der Waals surface area contributed by atoms with Gasteiger partial charge in [-0.2, -0.15) is 0 Å². The fraction of sp³-hybridized carbons (Fsp3) is 0.208. The Morgan fingerprint density at radius 3 is 2.50 bits per heavy atom. The Morgan fingerprint density at radius 1 is 1.03 bits per heavy atom. The highest BCUT2D eigenvalue weighted by Gasteiger charge is 2.09. The Kier molecular flexibility index (Phi) is 5.75. The Hall–Kier alpha value is -3.67. The van der Waals surface area contributed by atoms with Gasteiger partial charge in [-0.1, -0.05) is 44.2 Å². The van der Waals surface area contributed by atoms with E-state index in [1.807, 2.05) is 36.5 Å². The van der Waals surface area contributed by atoms with Gasteiger partial charge in [0, 0.05) is 41.7 Å². The van der Waals surface area contributed by atoms with Crippen LogP contribution in [0.4, 0.5) is 11.6 Å². The lowest BCUT2D eigenvalue weighted by molar-refractivity contribution is 0.0953. The van der Waals surface area contributed by atoms with Gasteiger partial charge in [0.2, 0.25) is 5.95 Å². The van der Waals surface area contributed by atoms with Crippen molar-refractivity contribution in [2.45, 2.75) is 26.2 Å². The van der Waals surface area contributed by atoms with Crippen molar-refractivity contribution in [3.8, 4) is 0 Å². The lowest BCUT2D eigenvalue weighted by Crippen LogP contribution is -2.26. The van der Waals surface area contributed by atoms with E-state index in [0.29, 0.717) is 24.0 Å². The molecule has 0 spiro atoms. The smallest absolute Gasteiger partial charge is 0.254 e. The number of rotatable bonds is 7. The van der Waals surface area contributed by atoms with Crippen LogP contribution in [-0.2, 0) is 6.42 Å². The summed E-state index contributed by atoms with van der Waals surface area (Å²) in [4.78, 5) is 24.2. The summed E-state index contributed by atoms with van der Waals surface area (Å²) in [7, 11) is 0. The van der Waals surface area contributed by atoms with Crippen molar-refractivity contribution in [1.29, 1.82) is 0 Å². The maximum Gasteiger partial charge on any atom is 0.254 e. The van der Waals surface area contributed by atoms with Crippen LogP contribution in [-0.4, -0.2) is 27.4 Å². The molecule has 152 valence electrons. The number of fused-ring (bicyclic) bond motifs is 1. The molecule has 0 aliphatic heterocycles. The van der Waals surface area contributed by atoms with Gasteiger partial charge < -0.3 is 15.6 Å². The molecule has 0 saturated carbocycles. The molecule has 0 fully saturated rings. The van der Waals surface area contributed by atoms with E-state index < -0.39 is 0 Å². The first-order valence-electron chi connectivity index (χ1n) is 10.1. The summed E-state index contributed by atoms with van der Waals surface area (Å²) in [6, 6.07) is 16.3. The first-order chi connectivity index (χ1) is 14.6. The second-order valence-electron chi connectivity index (χ2n) is 7.56. The number of nitrogens with one attached hydrogen (secondary N) is 3. The minimum absolute atomic E-state index is 0.178. The minimum atomic E-state index is -0.178. The van der Waals surface area contributed by atoms with E-state index in [-0.39, 0.29) is 5.91 Å². The number of benzene rings is 2. The zero-order valence-corrected chi connectivity index (χ0v) is 17.1. The number of hydrogen-bond donors (Lipinski definition) is 3. The quantitative estimate of drug-likeness (QED) is 0.417. The van der Waals surface area contributed by atoms with Gasteiger partial charge in [-0.05, 0) is 41.7 Å². The number of para-hydroxylation sites is 1. The van der Waals surface area contributed by atoms with Crippen LogP contribution in [0.5, 0.6) is 0 Å². The number of nitrogens with zero attached hydrogens (tertiary/aromatic N) is 2. The average molecular weight is 399 g/mol. The molecule has 0 radical (unpaired) electrons. The predicted octanol–water partition coefficient (Wildman–Crippen LogP) is 4.80. The summed E-state index contributed by atoms with van der Waals surface area (Å²) >= 11 is 0. The van der Waals surface area contributed by atoms with Gasteiger partial charge in [0.05, 0.1) is 5.56 Å². The molecule has 0 atom stereocenters. The first-order valence-corrected chi connectivity index (χ1v) is 10.1. The van der Waals surface area contributed by atoms with Gasteiger partial charge in [0.1, 0.15) is 0 Å². The topological polar surface area (TPSA) is 82.7 Å². The third-order valence-corrected chi connectivity index (χ3v) is 5.10. The summed E-state index contributed by atoms with van der Waals surface area (Å²) in [5.74, 6) is 0.773. The second kappa shape index (κ2) is 8.78. The number of amides is 1. The molecule has 6 heteroatoms. The van der Waals surface area contributed by atoms with Crippen molar-refractivity contribution >= 4 is 28.4 Å². The molecular formula is C24H25N5O. The van der Waals surface area contributed by atoms with Crippen LogP contribution in [0.1, 0.15) is 41.3 Å². The molecule has 3 N–H and O–H groups in total. The molecule has 4 rings (SSSR count). The highest BCUT2D eigenvalue weighted by Crippen LogP contribution is 2.19. The number of H-pyrrole nitrogens is 1. The molecular weight excluding hydrogens is 374 g/mol. The maximum atomic E-state index is 12.4. The summed E-state index contributed by atoms with van der Waals surface area (Å²) in [5, 5.41) is 7.28. The van der Waals surface area contributed by atoms with E-state index in [9.17, 15) is 4.79 Å². The van der Waals surface area contributed by atoms with E-state index >= 15 is 0 Å². The fourth-order valence-corrected chi connectivity index (χ4v) is 3.34. The number of hydrogen-bond acceptors (Lipinski definition) is 4. The SMILES string of the molecule is CC(C)c1ccc(Nc2ncc(C(=O)NCCc3c[nH]c4ccccc34)cn2)cc1. The molecule has 0 bridgehead atoms. The zero-order valence-electron chi connectivity index (χ0n) is 17.1. The molecule has 2 heterocycles. The normalized spacial score (nSPS) is 11.0. The van der Waals surface area contributed by atoms with E-state index in [4.69, 9.17) is 0 Å². The lowest BCUT2D eigenvalue weighted by atomic mass is 10.0. The van der Waals surface area contributed by atoms with Gasteiger partial charge in [-0.3, -0.25) is 4.79 Å². The van der Waals surface area contributed by atoms with Crippen LogP contribution >= 0.6 is 0 Å². The van der Waals surface area contributed by atoms with E-state index in [1.165, 1.54) is 16.5 Å². The Labute approximate surface area is 175 Å². The standard InChI is InChI=1S/C24H25N5O/c1-16(2)17-7-9-20(10-8-17)29-24-27-14-19(15-28-24)23(30)25-12-11-18-13-26-22-6-4-3-5-21(18)22/h3-10,13-16,26H,11-12H2,1-2H3,(H,25,30)(H,27,28,29). The summed E-state index contributed by atoms with van der Waals surface area (Å²) in [6.07, 6.45) is 5.83. The second-order valence-corrected chi connectivity index (χ2v) is 7.56. The molecule has 2 aromatic heterocycles. The molecule has 6 nitrogen and oxygen atoms in total. The largest absolute Gasteiger partial charge is 0.361 e. The van der Waals surface area contributed by atoms with Crippen LogP contribution < -0.4 is 10.6 Å². The first kappa shape index (κ1) is 19.6. The summed E-state index contributed by atoms with van der Waals surface area (Å²) in [5.41, 5.74) is 4.92. The molecule has 0 aliphatic carbocycles. The van der Waals surface area contributed by atoms with E-state index in [0.717, 1.165) is 17.6 Å². The van der Waals surface area contributed by atoms with Crippen LogP contribution in [0, 0.1) is 0 Å². The van der Waals surface area contributed by atoms with Gasteiger partial charge in [0.15, 0.2) is 0 Å². The minimum Gasteiger partial charge on any atom is -0.361 e. The molecule has 2 aromatic carbocycles. The highest BCUT2D eigenvalue weighted by molar-refractivity contribution is 5.93. The molecule has 0 unspecified atom stereocenters. The number of aromatic nitrogens is 3. The number of carbonyl (C=O) groups is 1. The van der Waals surface area contributed by atoms with E-state index in [1.54, 1.807) is 12.4 Å². The third kappa shape index (κ3) is 4.49. The van der Waals surface area contributed by atoms with Crippen molar-refractivity contribution in [2.75, 3.05) is 11.9 Å². The van der Waals surface area contributed by atoms with Crippen molar-refractivity contribution in [1.82, 2.24) is 20.3 Å². The van der Waals surface area contributed by atoms with Crippen LogP contribution in [0.15, 0.2) is 67.1 Å². The van der Waals surface area contributed by atoms with Crippen LogP contribution in [0.3, 0.4) is 0 Å². The van der Waals surface area contributed by atoms with E-state index in [2.05, 4.69) is 57.6 Å². The summed E-state index contributed by atoms with van der Waals surface area (Å²) < 4.78 is 0. The Balaban J connectivity index is 1.31.